The highest BCUT2D eigenvalue weighted by atomic mass is 16.6. The quantitative estimate of drug-likeness (QED) is 0.223. The van der Waals surface area contributed by atoms with E-state index in [4.69, 9.17) is 0 Å². The van der Waals surface area contributed by atoms with Crippen molar-refractivity contribution in [2.24, 2.45) is 11.8 Å². The Bertz CT molecular complexity index is 1470. The molecule has 0 bridgehead atoms. The topological polar surface area (TPSA) is 101 Å². The average molecular weight is 494 g/mol. The van der Waals surface area contributed by atoms with Gasteiger partial charge in [0.1, 0.15) is 6.04 Å². The number of rotatable bonds is 6. The Morgan fingerprint density at radius 3 is 2.41 bits per heavy atom. The highest BCUT2D eigenvalue weighted by molar-refractivity contribution is 6.14. The predicted octanol–water partition coefficient (Wildman–Crippen LogP) is 3.91. The fourth-order valence-electron chi connectivity index (χ4n) is 5.92. The van der Waals surface area contributed by atoms with Crippen LogP contribution in [-0.2, 0) is 16.0 Å². The number of amides is 2. The summed E-state index contributed by atoms with van der Waals surface area (Å²) in [5.41, 5.74) is 2.61. The maximum Gasteiger partial charge on any atom is 0.270 e. The molecule has 184 valence electrons. The summed E-state index contributed by atoms with van der Waals surface area (Å²) in [6, 6.07) is 21.3. The summed E-state index contributed by atoms with van der Waals surface area (Å²) in [4.78, 5) is 55.4. The average Bonchev–Trinajstić information content (AvgIpc) is 3.40. The van der Waals surface area contributed by atoms with E-state index < -0.39 is 34.6 Å². The van der Waals surface area contributed by atoms with Gasteiger partial charge in [-0.05, 0) is 23.6 Å². The number of hydrogen-bond acceptors (Lipinski definition) is 6. The van der Waals surface area contributed by atoms with Crippen molar-refractivity contribution in [3.05, 3.63) is 112 Å². The number of hydrogen-bond donors (Lipinski definition) is 0. The molecule has 8 heteroatoms. The minimum atomic E-state index is -0.957. The maximum atomic E-state index is 14.0. The molecule has 8 nitrogen and oxygen atoms in total. The minimum absolute atomic E-state index is 0.147. The zero-order chi connectivity index (χ0) is 25.7. The molecule has 0 saturated carbocycles. The molecule has 0 aromatic heterocycles. The van der Waals surface area contributed by atoms with E-state index in [0.717, 1.165) is 16.8 Å². The Balaban J connectivity index is 1.40. The first-order valence-corrected chi connectivity index (χ1v) is 12.2. The predicted molar refractivity (Wildman–Crippen MR) is 137 cm³/mol. The molecule has 3 heterocycles. The number of nitrogens with zero attached hydrogens (tertiary/aromatic N) is 3. The lowest BCUT2D eigenvalue weighted by Crippen LogP contribution is -2.49. The van der Waals surface area contributed by atoms with E-state index in [-0.39, 0.29) is 29.6 Å². The van der Waals surface area contributed by atoms with Crippen LogP contribution in [0, 0.1) is 22.0 Å². The fourth-order valence-corrected chi connectivity index (χ4v) is 5.92. The monoisotopic (exact) mass is 493 g/mol. The number of nitro groups is 1. The second kappa shape index (κ2) is 8.81. The van der Waals surface area contributed by atoms with Gasteiger partial charge in [0, 0.05) is 29.9 Å². The summed E-state index contributed by atoms with van der Waals surface area (Å²) in [5.74, 6) is -2.64. The van der Waals surface area contributed by atoms with Gasteiger partial charge in [-0.1, -0.05) is 72.8 Å². The number of benzene rings is 3. The summed E-state index contributed by atoms with van der Waals surface area (Å²) in [6.07, 6.45) is 4.35. The highest BCUT2D eigenvalue weighted by Crippen LogP contribution is 2.49. The molecule has 2 saturated heterocycles. The number of non-ortho nitro benzene ring substituents is 1. The number of carbonyl (C=O) groups excluding carboxylic acids is 3. The van der Waals surface area contributed by atoms with Crippen molar-refractivity contribution in [2.45, 2.75) is 18.5 Å². The Hall–Kier alpha value is -4.59. The first kappa shape index (κ1) is 22.8. The summed E-state index contributed by atoms with van der Waals surface area (Å²) in [5, 5.41) is 11.4. The van der Waals surface area contributed by atoms with Crippen LogP contribution in [0.3, 0.4) is 0 Å². The van der Waals surface area contributed by atoms with E-state index in [0.29, 0.717) is 6.42 Å². The van der Waals surface area contributed by atoms with Gasteiger partial charge in [0.15, 0.2) is 5.78 Å². The van der Waals surface area contributed by atoms with E-state index in [1.54, 1.807) is 0 Å². The zero-order valence-corrected chi connectivity index (χ0v) is 19.8. The molecule has 6 rings (SSSR count). The summed E-state index contributed by atoms with van der Waals surface area (Å²) in [7, 11) is 0. The molecular weight excluding hydrogens is 470 g/mol. The summed E-state index contributed by atoms with van der Waals surface area (Å²) in [6.45, 7) is 0.236. The third-order valence-corrected chi connectivity index (χ3v) is 7.58. The van der Waals surface area contributed by atoms with Crippen molar-refractivity contribution in [3.8, 4) is 0 Å². The van der Waals surface area contributed by atoms with Gasteiger partial charge in [0.05, 0.1) is 22.8 Å². The molecule has 3 aliphatic rings. The van der Waals surface area contributed by atoms with Crippen LogP contribution in [0.4, 0.5) is 11.4 Å². The van der Waals surface area contributed by atoms with Gasteiger partial charge in [-0.15, -0.1) is 0 Å². The van der Waals surface area contributed by atoms with E-state index >= 15 is 0 Å². The number of likely N-dealkylation sites (tertiary alicyclic amines) is 1. The molecule has 3 aromatic rings. The normalized spacial score (nSPS) is 23.6. The minimum Gasteiger partial charge on any atom is -0.352 e. The van der Waals surface area contributed by atoms with Crippen molar-refractivity contribution >= 4 is 35.0 Å². The Labute approximate surface area is 213 Å². The van der Waals surface area contributed by atoms with Gasteiger partial charge >= 0.3 is 0 Å². The lowest BCUT2D eigenvalue weighted by Gasteiger charge is -2.36. The molecule has 37 heavy (non-hydrogen) atoms. The molecule has 0 aliphatic carbocycles. The number of para-hydroxylation sites is 1. The zero-order valence-electron chi connectivity index (χ0n) is 19.8. The SMILES string of the molecule is O=C(c1cccc([N+](=O)[O-])c1)C1C2C(=O)N(CCc3ccccc3)C(=O)C2C2C=Cc3ccccc3N21. The third kappa shape index (κ3) is 3.64. The second-order valence-corrected chi connectivity index (χ2v) is 9.55. The van der Waals surface area contributed by atoms with Crippen molar-refractivity contribution in [1.29, 1.82) is 0 Å². The van der Waals surface area contributed by atoms with E-state index in [1.807, 2.05) is 71.6 Å². The van der Waals surface area contributed by atoms with Crippen LogP contribution in [0.25, 0.3) is 6.08 Å². The van der Waals surface area contributed by atoms with Crippen molar-refractivity contribution < 1.29 is 19.3 Å². The Kier molecular flexibility index (Phi) is 5.44. The molecule has 4 atom stereocenters. The number of carbonyl (C=O) groups is 3. The summed E-state index contributed by atoms with van der Waals surface area (Å²) < 4.78 is 0. The molecule has 3 aromatic carbocycles. The largest absolute Gasteiger partial charge is 0.352 e. The van der Waals surface area contributed by atoms with Crippen molar-refractivity contribution in [2.75, 3.05) is 11.4 Å². The van der Waals surface area contributed by atoms with Crippen LogP contribution in [0.5, 0.6) is 0 Å². The van der Waals surface area contributed by atoms with Crippen molar-refractivity contribution in [1.82, 2.24) is 4.90 Å². The highest BCUT2D eigenvalue weighted by Gasteiger charge is 2.63. The smallest absolute Gasteiger partial charge is 0.270 e. The number of ketones is 1. The molecular formula is C29H23N3O5. The second-order valence-electron chi connectivity index (χ2n) is 9.55. The maximum absolute atomic E-state index is 14.0. The van der Waals surface area contributed by atoms with Crippen LogP contribution < -0.4 is 4.90 Å². The number of nitro benzene ring substituents is 1. The number of Topliss-reactive ketones (excluding diaryl/α,β-unsaturated/α-hetero) is 1. The van der Waals surface area contributed by atoms with Gasteiger partial charge in [0.25, 0.3) is 5.69 Å². The van der Waals surface area contributed by atoms with E-state index in [1.165, 1.54) is 29.2 Å². The number of imide groups is 1. The molecule has 3 aliphatic heterocycles. The van der Waals surface area contributed by atoms with Gasteiger partial charge in [0.2, 0.25) is 11.8 Å². The first-order valence-electron chi connectivity index (χ1n) is 12.2. The van der Waals surface area contributed by atoms with Crippen molar-refractivity contribution in [3.63, 3.8) is 0 Å². The van der Waals surface area contributed by atoms with Crippen LogP contribution >= 0.6 is 0 Å². The first-order chi connectivity index (χ1) is 18.0. The van der Waals surface area contributed by atoms with Gasteiger partial charge in [-0.3, -0.25) is 29.4 Å². The van der Waals surface area contributed by atoms with Gasteiger partial charge in [-0.25, -0.2) is 0 Å². The molecule has 4 unspecified atom stereocenters. The van der Waals surface area contributed by atoms with E-state index in [2.05, 4.69) is 0 Å². The van der Waals surface area contributed by atoms with Crippen LogP contribution in [-0.4, -0.2) is 46.0 Å². The molecule has 0 spiro atoms. The standard InChI is InChI=1S/C29H23N3O5/c33-27(20-10-6-11-21(17-20)32(36)37)26-25-24(23-14-13-19-9-4-5-12-22(19)31(23)26)28(34)30(29(25)35)16-15-18-7-2-1-3-8-18/h1-14,17,23-26H,15-16H2. The van der Waals surface area contributed by atoms with Crippen LogP contribution in [0.2, 0.25) is 0 Å². The van der Waals surface area contributed by atoms with Crippen LogP contribution in [0.1, 0.15) is 21.5 Å². The van der Waals surface area contributed by atoms with Gasteiger partial charge in [-0.2, -0.15) is 0 Å². The molecule has 2 fully saturated rings. The lowest BCUT2D eigenvalue weighted by molar-refractivity contribution is -0.384. The molecule has 2 amide bonds. The lowest BCUT2D eigenvalue weighted by atomic mass is 9.86. The summed E-state index contributed by atoms with van der Waals surface area (Å²) >= 11 is 0. The molecule has 0 N–H and O–H groups in total. The number of fused-ring (bicyclic) bond motifs is 5. The van der Waals surface area contributed by atoms with Crippen LogP contribution in [0.15, 0.2) is 84.9 Å². The Morgan fingerprint density at radius 2 is 1.62 bits per heavy atom. The van der Waals surface area contributed by atoms with Gasteiger partial charge < -0.3 is 4.90 Å². The Morgan fingerprint density at radius 1 is 0.892 bits per heavy atom. The number of anilines is 1. The fraction of sp³-hybridized carbons (Fsp3) is 0.207. The molecule has 0 radical (unpaired) electrons. The third-order valence-electron chi connectivity index (χ3n) is 7.58. The van der Waals surface area contributed by atoms with E-state index in [9.17, 15) is 24.5 Å².